The third-order valence-corrected chi connectivity index (χ3v) is 5.24. The molecule has 1 aromatic carbocycles. The first kappa shape index (κ1) is 16.2. The van der Waals surface area contributed by atoms with Crippen molar-refractivity contribution >= 4 is 27.4 Å². The molecule has 0 spiro atoms. The summed E-state index contributed by atoms with van der Waals surface area (Å²) < 4.78 is 29.5. The summed E-state index contributed by atoms with van der Waals surface area (Å²) in [7, 11) is -3.40. The predicted octanol–water partition coefficient (Wildman–Crippen LogP) is 0.899. The van der Waals surface area contributed by atoms with Crippen LogP contribution in [0.2, 0.25) is 5.02 Å². The number of carbonyl (C=O) groups is 1. The maximum Gasteiger partial charge on any atom is 0.334 e. The minimum atomic E-state index is -3.40. The normalized spacial score (nSPS) is 20.3. The van der Waals surface area contributed by atoms with Gasteiger partial charge in [-0.15, -0.1) is 0 Å². The van der Waals surface area contributed by atoms with E-state index in [9.17, 15) is 13.2 Å². The van der Waals surface area contributed by atoms with Gasteiger partial charge in [0.15, 0.2) is 15.9 Å². The highest BCUT2D eigenvalue weighted by Crippen LogP contribution is 2.16. The summed E-state index contributed by atoms with van der Waals surface area (Å²) in [5.41, 5.74) is 0. The molecule has 2 rings (SSSR count). The van der Waals surface area contributed by atoms with Crippen molar-refractivity contribution in [2.24, 2.45) is 0 Å². The molecular formula is C13H16ClNO5S. The van der Waals surface area contributed by atoms with Crippen LogP contribution in [0, 0.1) is 0 Å². The second-order valence-corrected chi connectivity index (χ2v) is 7.32. The van der Waals surface area contributed by atoms with Gasteiger partial charge in [-0.3, -0.25) is 4.90 Å². The molecule has 1 atom stereocenters. The molecule has 1 saturated heterocycles. The Labute approximate surface area is 128 Å². The molecule has 0 amide bonds. The van der Waals surface area contributed by atoms with Crippen molar-refractivity contribution in [3.8, 4) is 0 Å². The SMILES string of the molecule is O=C(O)C1CN(CCS(=O)(=O)c2ccc(Cl)cc2)CCO1. The van der Waals surface area contributed by atoms with Gasteiger partial charge >= 0.3 is 5.97 Å². The maximum absolute atomic E-state index is 12.2. The Kier molecular flexibility index (Phi) is 5.21. The van der Waals surface area contributed by atoms with Crippen LogP contribution in [0.1, 0.15) is 0 Å². The number of rotatable bonds is 5. The van der Waals surface area contributed by atoms with Gasteiger partial charge in [-0.25, -0.2) is 13.2 Å². The van der Waals surface area contributed by atoms with Crippen LogP contribution in [0.25, 0.3) is 0 Å². The molecule has 1 aliphatic rings. The lowest BCUT2D eigenvalue weighted by molar-refractivity contribution is -0.155. The van der Waals surface area contributed by atoms with Crippen molar-refractivity contribution in [2.75, 3.05) is 32.0 Å². The average molecular weight is 334 g/mol. The summed E-state index contributed by atoms with van der Waals surface area (Å²) in [5, 5.41) is 9.38. The van der Waals surface area contributed by atoms with Crippen LogP contribution in [-0.2, 0) is 19.4 Å². The van der Waals surface area contributed by atoms with E-state index >= 15 is 0 Å². The highest BCUT2D eigenvalue weighted by molar-refractivity contribution is 7.91. The van der Waals surface area contributed by atoms with Gasteiger partial charge in [-0.1, -0.05) is 11.6 Å². The van der Waals surface area contributed by atoms with Crippen LogP contribution in [0.3, 0.4) is 0 Å². The van der Waals surface area contributed by atoms with Crippen molar-refractivity contribution < 1.29 is 23.1 Å². The van der Waals surface area contributed by atoms with Gasteiger partial charge < -0.3 is 9.84 Å². The molecule has 0 saturated carbocycles. The van der Waals surface area contributed by atoms with Crippen LogP contribution in [0.5, 0.6) is 0 Å². The Morgan fingerprint density at radius 1 is 1.38 bits per heavy atom. The Hall–Kier alpha value is -1.15. The van der Waals surface area contributed by atoms with Gasteiger partial charge in [0, 0.05) is 24.7 Å². The Morgan fingerprint density at radius 3 is 2.67 bits per heavy atom. The minimum Gasteiger partial charge on any atom is -0.479 e. The lowest BCUT2D eigenvalue weighted by atomic mass is 10.3. The van der Waals surface area contributed by atoms with Gasteiger partial charge in [0.2, 0.25) is 0 Å². The predicted molar refractivity (Wildman–Crippen MR) is 77.3 cm³/mol. The third kappa shape index (κ3) is 4.41. The number of carboxylic acids is 1. The number of aliphatic carboxylic acids is 1. The number of hydrogen-bond acceptors (Lipinski definition) is 5. The van der Waals surface area contributed by atoms with E-state index in [0.717, 1.165) is 0 Å². The fraction of sp³-hybridized carbons (Fsp3) is 0.462. The van der Waals surface area contributed by atoms with Gasteiger partial charge in [0.05, 0.1) is 17.3 Å². The number of sulfone groups is 1. The Bertz CT molecular complexity index is 601. The molecule has 0 aromatic heterocycles. The monoisotopic (exact) mass is 333 g/mol. The number of hydrogen-bond donors (Lipinski definition) is 1. The number of morpholine rings is 1. The molecule has 0 aliphatic carbocycles. The summed E-state index contributed by atoms with van der Waals surface area (Å²) in [6.07, 6.45) is -0.892. The standard InChI is InChI=1S/C13H16ClNO5S/c14-10-1-3-11(4-2-10)21(18,19)8-6-15-5-7-20-12(9-15)13(16)17/h1-4,12H,5-9H2,(H,16,17). The molecule has 1 aliphatic heterocycles. The Morgan fingerprint density at radius 2 is 2.05 bits per heavy atom. The molecule has 0 radical (unpaired) electrons. The lowest BCUT2D eigenvalue weighted by Gasteiger charge is -2.30. The summed E-state index contributed by atoms with van der Waals surface area (Å²) in [4.78, 5) is 12.9. The first-order chi connectivity index (χ1) is 9.88. The molecule has 1 fully saturated rings. The zero-order chi connectivity index (χ0) is 15.5. The lowest BCUT2D eigenvalue weighted by Crippen LogP contribution is -2.47. The van der Waals surface area contributed by atoms with E-state index in [0.29, 0.717) is 11.6 Å². The highest BCUT2D eigenvalue weighted by atomic mass is 35.5. The van der Waals surface area contributed by atoms with E-state index in [2.05, 4.69) is 0 Å². The highest BCUT2D eigenvalue weighted by Gasteiger charge is 2.27. The summed E-state index contributed by atoms with van der Waals surface area (Å²) >= 11 is 5.73. The van der Waals surface area contributed by atoms with E-state index in [4.69, 9.17) is 21.4 Å². The van der Waals surface area contributed by atoms with Gasteiger partial charge in [-0.05, 0) is 24.3 Å². The zero-order valence-corrected chi connectivity index (χ0v) is 12.8. The van der Waals surface area contributed by atoms with E-state index < -0.39 is 21.9 Å². The van der Waals surface area contributed by atoms with Crippen LogP contribution >= 0.6 is 11.6 Å². The molecule has 116 valence electrons. The average Bonchev–Trinajstić information content (AvgIpc) is 2.46. The Balaban J connectivity index is 1.95. The van der Waals surface area contributed by atoms with E-state index in [-0.39, 0.29) is 30.3 Å². The van der Waals surface area contributed by atoms with Crippen LogP contribution in [0.4, 0.5) is 0 Å². The zero-order valence-electron chi connectivity index (χ0n) is 11.2. The van der Waals surface area contributed by atoms with Crippen molar-refractivity contribution in [1.29, 1.82) is 0 Å². The smallest absolute Gasteiger partial charge is 0.334 e. The van der Waals surface area contributed by atoms with Gasteiger partial charge in [0.1, 0.15) is 0 Å². The molecule has 1 N–H and O–H groups in total. The molecule has 1 aromatic rings. The molecule has 0 bridgehead atoms. The minimum absolute atomic E-state index is 0.0685. The number of ether oxygens (including phenoxy) is 1. The molecule has 1 heterocycles. The van der Waals surface area contributed by atoms with Crippen molar-refractivity contribution in [1.82, 2.24) is 4.90 Å². The number of carboxylic acid groups (broad SMARTS) is 1. The van der Waals surface area contributed by atoms with Crippen molar-refractivity contribution in [3.05, 3.63) is 29.3 Å². The van der Waals surface area contributed by atoms with Crippen LogP contribution in [0.15, 0.2) is 29.2 Å². The molecule has 21 heavy (non-hydrogen) atoms. The molecular weight excluding hydrogens is 318 g/mol. The van der Waals surface area contributed by atoms with Gasteiger partial charge in [-0.2, -0.15) is 0 Å². The van der Waals surface area contributed by atoms with Crippen molar-refractivity contribution in [2.45, 2.75) is 11.0 Å². The first-order valence-corrected chi connectivity index (χ1v) is 8.46. The van der Waals surface area contributed by atoms with Crippen LogP contribution in [-0.4, -0.2) is 62.5 Å². The number of nitrogens with zero attached hydrogens (tertiary/aromatic N) is 1. The van der Waals surface area contributed by atoms with Crippen molar-refractivity contribution in [3.63, 3.8) is 0 Å². The van der Waals surface area contributed by atoms with E-state index in [1.807, 2.05) is 0 Å². The van der Waals surface area contributed by atoms with Crippen LogP contribution < -0.4 is 0 Å². The fourth-order valence-corrected chi connectivity index (χ4v) is 3.48. The summed E-state index contributed by atoms with van der Waals surface area (Å²) in [5.74, 6) is -1.10. The molecule has 1 unspecified atom stereocenters. The number of halogens is 1. The largest absolute Gasteiger partial charge is 0.479 e. The fourth-order valence-electron chi connectivity index (χ4n) is 2.06. The second kappa shape index (κ2) is 6.74. The molecule has 6 nitrogen and oxygen atoms in total. The maximum atomic E-state index is 12.2. The van der Waals surface area contributed by atoms with Gasteiger partial charge in [0.25, 0.3) is 0 Å². The summed E-state index contributed by atoms with van der Waals surface area (Å²) in [6.45, 7) is 1.29. The van der Waals surface area contributed by atoms with E-state index in [1.165, 1.54) is 24.3 Å². The number of benzene rings is 1. The topological polar surface area (TPSA) is 83.9 Å². The third-order valence-electron chi connectivity index (χ3n) is 3.28. The second-order valence-electron chi connectivity index (χ2n) is 4.77. The molecule has 8 heteroatoms. The van der Waals surface area contributed by atoms with E-state index in [1.54, 1.807) is 4.90 Å². The first-order valence-electron chi connectivity index (χ1n) is 6.43. The quantitative estimate of drug-likeness (QED) is 0.862. The summed E-state index contributed by atoms with van der Waals surface area (Å²) in [6, 6.07) is 6.00.